The second-order valence-electron chi connectivity index (χ2n) is 8.22. The van der Waals surface area contributed by atoms with Crippen molar-refractivity contribution in [2.75, 3.05) is 23.3 Å². The van der Waals surface area contributed by atoms with Crippen LogP contribution in [-0.4, -0.2) is 29.2 Å². The molecule has 2 heterocycles. The highest BCUT2D eigenvalue weighted by Crippen LogP contribution is 2.26. The Morgan fingerprint density at radius 2 is 1.63 bits per heavy atom. The molecule has 0 bridgehead atoms. The zero-order valence-electron chi connectivity index (χ0n) is 17.9. The lowest BCUT2D eigenvalue weighted by atomic mass is 9.95. The molecule has 154 valence electrons. The lowest BCUT2D eigenvalue weighted by Gasteiger charge is -2.31. The first kappa shape index (κ1) is 20.1. The molecule has 1 saturated heterocycles. The van der Waals surface area contributed by atoms with E-state index in [-0.39, 0.29) is 11.8 Å². The van der Waals surface area contributed by atoms with Gasteiger partial charge in [0.25, 0.3) is 0 Å². The van der Waals surface area contributed by atoms with Crippen molar-refractivity contribution in [3.63, 3.8) is 0 Å². The van der Waals surface area contributed by atoms with Gasteiger partial charge >= 0.3 is 0 Å². The van der Waals surface area contributed by atoms with Crippen molar-refractivity contribution in [2.24, 2.45) is 5.92 Å². The highest BCUT2D eigenvalue weighted by atomic mass is 16.1. The molecule has 0 unspecified atom stereocenters. The Kier molecular flexibility index (Phi) is 5.79. The molecule has 1 N–H and O–H groups in total. The molecule has 0 radical (unpaired) electrons. The third kappa shape index (κ3) is 4.51. The molecule has 30 heavy (non-hydrogen) atoms. The average Bonchev–Trinajstić information content (AvgIpc) is 2.74. The molecule has 3 aromatic rings. The van der Waals surface area contributed by atoms with E-state index in [1.54, 1.807) is 0 Å². The number of anilines is 2. The second kappa shape index (κ2) is 8.66. The van der Waals surface area contributed by atoms with Crippen molar-refractivity contribution >= 4 is 17.4 Å². The van der Waals surface area contributed by atoms with E-state index in [1.807, 2.05) is 50.2 Å². The van der Waals surface area contributed by atoms with Crippen molar-refractivity contribution in [3.8, 4) is 11.3 Å². The summed E-state index contributed by atoms with van der Waals surface area (Å²) in [6, 6.07) is 18.4. The maximum Gasteiger partial charge on any atom is 0.227 e. The van der Waals surface area contributed by atoms with E-state index >= 15 is 0 Å². The highest BCUT2D eigenvalue weighted by Gasteiger charge is 2.26. The van der Waals surface area contributed by atoms with Crippen LogP contribution in [0.2, 0.25) is 0 Å². The quantitative estimate of drug-likeness (QED) is 0.675. The van der Waals surface area contributed by atoms with Crippen LogP contribution in [0.3, 0.4) is 0 Å². The van der Waals surface area contributed by atoms with Crippen molar-refractivity contribution in [1.82, 2.24) is 10.2 Å². The Labute approximate surface area is 178 Å². The normalized spacial score (nSPS) is 14.6. The van der Waals surface area contributed by atoms with Crippen LogP contribution in [0.1, 0.15) is 29.5 Å². The number of piperidine rings is 1. The molecule has 1 amide bonds. The van der Waals surface area contributed by atoms with Crippen LogP contribution in [0.5, 0.6) is 0 Å². The number of aromatic nitrogens is 2. The molecule has 1 aliphatic rings. The smallest absolute Gasteiger partial charge is 0.227 e. The zero-order chi connectivity index (χ0) is 21.1. The first-order valence-electron chi connectivity index (χ1n) is 10.5. The van der Waals surface area contributed by atoms with Crippen LogP contribution in [0.25, 0.3) is 11.3 Å². The highest BCUT2D eigenvalue weighted by molar-refractivity contribution is 5.92. The number of carbonyl (C=O) groups is 1. The molecule has 1 aliphatic heterocycles. The predicted octanol–water partition coefficient (Wildman–Crippen LogP) is 4.92. The third-order valence-electron chi connectivity index (χ3n) is 5.75. The van der Waals surface area contributed by atoms with Crippen LogP contribution >= 0.6 is 0 Å². The summed E-state index contributed by atoms with van der Waals surface area (Å²) in [7, 11) is 0. The van der Waals surface area contributed by atoms with E-state index in [0.717, 1.165) is 59.8 Å². The molecule has 2 aromatic carbocycles. The Bertz CT molecular complexity index is 1020. The minimum Gasteiger partial charge on any atom is -0.355 e. The van der Waals surface area contributed by atoms with Gasteiger partial charge in [-0.1, -0.05) is 30.3 Å². The number of aryl methyl sites for hydroxylation is 3. The maximum atomic E-state index is 12.7. The maximum absolute atomic E-state index is 12.7. The van der Waals surface area contributed by atoms with Gasteiger partial charge in [-0.2, -0.15) is 0 Å². The number of amides is 1. The molecule has 0 atom stereocenters. The lowest BCUT2D eigenvalue weighted by molar-refractivity contribution is -0.120. The topological polar surface area (TPSA) is 58.1 Å². The Morgan fingerprint density at radius 3 is 2.27 bits per heavy atom. The number of benzene rings is 2. The van der Waals surface area contributed by atoms with Gasteiger partial charge in [0.2, 0.25) is 5.91 Å². The van der Waals surface area contributed by atoms with Gasteiger partial charge in [-0.25, -0.2) is 0 Å². The van der Waals surface area contributed by atoms with E-state index < -0.39 is 0 Å². The monoisotopic (exact) mass is 400 g/mol. The summed E-state index contributed by atoms with van der Waals surface area (Å²) in [5, 5.41) is 12.0. The van der Waals surface area contributed by atoms with Crippen LogP contribution in [0.4, 0.5) is 11.5 Å². The first-order chi connectivity index (χ1) is 14.5. The van der Waals surface area contributed by atoms with Crippen LogP contribution in [0.15, 0.2) is 54.6 Å². The SMILES string of the molecule is Cc1cc(C)cc(NC(=O)C2CCN(c3ccc(-c4ccccc4C)nn3)CC2)c1. The van der Waals surface area contributed by atoms with Gasteiger partial charge in [0, 0.05) is 30.3 Å². The standard InChI is InChI=1S/C25H28N4O/c1-17-14-18(2)16-21(15-17)26-25(30)20-10-12-29(13-11-20)24-9-8-23(27-28-24)22-7-5-4-6-19(22)3/h4-9,14-16,20H,10-13H2,1-3H3,(H,26,30). The fraction of sp³-hybridized carbons (Fsp3) is 0.320. The molecule has 4 rings (SSSR count). The number of nitrogens with one attached hydrogen (secondary N) is 1. The molecule has 0 spiro atoms. The van der Waals surface area contributed by atoms with Crippen molar-refractivity contribution in [1.29, 1.82) is 0 Å². The molecule has 1 aromatic heterocycles. The van der Waals surface area contributed by atoms with Crippen LogP contribution in [0, 0.1) is 26.7 Å². The Hall–Kier alpha value is -3.21. The molecule has 0 saturated carbocycles. The molecular formula is C25H28N4O. The summed E-state index contributed by atoms with van der Waals surface area (Å²) in [6.07, 6.45) is 1.63. The minimum atomic E-state index is 0.0290. The summed E-state index contributed by atoms with van der Waals surface area (Å²) in [6.45, 7) is 7.80. The number of rotatable bonds is 4. The molecule has 1 fully saturated rings. The van der Waals surface area contributed by atoms with Crippen LogP contribution in [-0.2, 0) is 4.79 Å². The van der Waals surface area contributed by atoms with E-state index in [0.29, 0.717) is 0 Å². The Morgan fingerprint density at radius 1 is 0.933 bits per heavy atom. The van der Waals surface area contributed by atoms with Gasteiger partial charge in [0.15, 0.2) is 5.82 Å². The summed E-state index contributed by atoms with van der Waals surface area (Å²) in [5.74, 6) is 1.02. The third-order valence-corrected chi connectivity index (χ3v) is 5.75. The first-order valence-corrected chi connectivity index (χ1v) is 10.5. The average molecular weight is 401 g/mol. The summed E-state index contributed by atoms with van der Waals surface area (Å²) >= 11 is 0. The predicted molar refractivity (Wildman–Crippen MR) is 122 cm³/mol. The van der Waals surface area contributed by atoms with Crippen molar-refractivity contribution in [3.05, 3.63) is 71.3 Å². The number of hydrogen-bond acceptors (Lipinski definition) is 4. The van der Waals surface area contributed by atoms with E-state index in [4.69, 9.17) is 0 Å². The summed E-state index contributed by atoms with van der Waals surface area (Å²) in [5.41, 5.74) is 6.39. The van der Waals surface area contributed by atoms with Crippen LogP contribution < -0.4 is 10.2 Å². The van der Waals surface area contributed by atoms with Crippen molar-refractivity contribution < 1.29 is 4.79 Å². The zero-order valence-corrected chi connectivity index (χ0v) is 17.9. The van der Waals surface area contributed by atoms with Gasteiger partial charge in [0.1, 0.15) is 0 Å². The lowest BCUT2D eigenvalue weighted by Crippen LogP contribution is -2.38. The van der Waals surface area contributed by atoms with E-state index in [9.17, 15) is 4.79 Å². The largest absolute Gasteiger partial charge is 0.355 e. The van der Waals surface area contributed by atoms with E-state index in [1.165, 1.54) is 5.56 Å². The fourth-order valence-electron chi connectivity index (χ4n) is 4.16. The molecular weight excluding hydrogens is 372 g/mol. The summed E-state index contributed by atoms with van der Waals surface area (Å²) in [4.78, 5) is 14.9. The summed E-state index contributed by atoms with van der Waals surface area (Å²) < 4.78 is 0. The number of carbonyl (C=O) groups excluding carboxylic acids is 1. The van der Waals surface area contributed by atoms with E-state index in [2.05, 4.69) is 45.5 Å². The molecule has 0 aliphatic carbocycles. The van der Waals surface area contributed by atoms with Gasteiger partial charge < -0.3 is 10.2 Å². The second-order valence-corrected chi connectivity index (χ2v) is 8.22. The Balaban J connectivity index is 1.36. The minimum absolute atomic E-state index is 0.0290. The number of hydrogen-bond donors (Lipinski definition) is 1. The fourth-order valence-corrected chi connectivity index (χ4v) is 4.16. The van der Waals surface area contributed by atoms with Gasteiger partial charge in [-0.3, -0.25) is 4.79 Å². The van der Waals surface area contributed by atoms with Gasteiger partial charge in [-0.15, -0.1) is 10.2 Å². The number of nitrogens with zero attached hydrogens (tertiary/aromatic N) is 3. The van der Waals surface area contributed by atoms with Gasteiger partial charge in [0.05, 0.1) is 5.69 Å². The van der Waals surface area contributed by atoms with Gasteiger partial charge in [-0.05, 0) is 74.6 Å². The molecule has 5 nitrogen and oxygen atoms in total. The van der Waals surface area contributed by atoms with Crippen molar-refractivity contribution in [2.45, 2.75) is 33.6 Å². The molecule has 5 heteroatoms.